The van der Waals surface area contributed by atoms with Crippen LogP contribution in [0.5, 0.6) is 0 Å². The zero-order valence-corrected chi connectivity index (χ0v) is 7.87. The third kappa shape index (κ3) is 2.07. The molecule has 1 aliphatic rings. The maximum Gasteiger partial charge on any atom is 0.0421 e. The Balaban J connectivity index is 2.05. The third-order valence-corrected chi connectivity index (χ3v) is 2.86. The van der Waals surface area contributed by atoms with Crippen molar-refractivity contribution in [2.45, 2.75) is 37.6 Å². The van der Waals surface area contributed by atoms with Crippen LogP contribution in [0.4, 0.5) is 0 Å². The number of hydrogen-bond donors (Lipinski definition) is 1. The van der Waals surface area contributed by atoms with E-state index in [1.54, 1.807) is 0 Å². The molecule has 0 amide bonds. The minimum Gasteiger partial charge on any atom is -0.325 e. The molecular weight excluding hydrogens is 160 g/mol. The summed E-state index contributed by atoms with van der Waals surface area (Å²) in [4.78, 5) is 4.31. The molecule has 1 fully saturated rings. The normalized spacial score (nSPS) is 20.4. The zero-order valence-electron chi connectivity index (χ0n) is 7.87. The van der Waals surface area contributed by atoms with Crippen molar-refractivity contribution in [2.24, 2.45) is 5.73 Å². The number of nitrogens with zero attached hydrogens (tertiary/aromatic N) is 1. The molecule has 2 rings (SSSR count). The summed E-state index contributed by atoms with van der Waals surface area (Å²) in [5.41, 5.74) is 7.42. The third-order valence-electron chi connectivity index (χ3n) is 2.86. The summed E-state index contributed by atoms with van der Waals surface area (Å²) in [6.07, 6.45) is 7.65. The SMILES string of the molecule is NC1(Cc2ccccn2)CCCC1. The van der Waals surface area contributed by atoms with Gasteiger partial charge in [0.15, 0.2) is 0 Å². The summed E-state index contributed by atoms with van der Waals surface area (Å²) in [6, 6.07) is 6.04. The van der Waals surface area contributed by atoms with Crippen LogP contribution in [0.3, 0.4) is 0 Å². The van der Waals surface area contributed by atoms with Crippen LogP contribution >= 0.6 is 0 Å². The van der Waals surface area contributed by atoms with E-state index >= 15 is 0 Å². The molecule has 0 spiro atoms. The second kappa shape index (κ2) is 3.46. The Morgan fingerprint density at radius 3 is 2.69 bits per heavy atom. The van der Waals surface area contributed by atoms with E-state index in [-0.39, 0.29) is 5.54 Å². The molecule has 2 N–H and O–H groups in total. The fourth-order valence-electron chi connectivity index (χ4n) is 2.12. The van der Waals surface area contributed by atoms with Gasteiger partial charge in [0.05, 0.1) is 0 Å². The van der Waals surface area contributed by atoms with E-state index in [0.29, 0.717) is 0 Å². The Hall–Kier alpha value is -0.890. The first kappa shape index (κ1) is 8.70. The van der Waals surface area contributed by atoms with Gasteiger partial charge in [0.2, 0.25) is 0 Å². The average molecular weight is 176 g/mol. The van der Waals surface area contributed by atoms with Gasteiger partial charge in [0, 0.05) is 23.9 Å². The molecule has 1 aliphatic carbocycles. The van der Waals surface area contributed by atoms with E-state index in [9.17, 15) is 0 Å². The van der Waals surface area contributed by atoms with Crippen LogP contribution in [0.15, 0.2) is 24.4 Å². The Kier molecular flexibility index (Phi) is 2.32. The predicted octanol–water partition coefficient (Wildman–Crippen LogP) is 1.90. The van der Waals surface area contributed by atoms with Gasteiger partial charge in [-0.1, -0.05) is 18.9 Å². The van der Waals surface area contributed by atoms with Gasteiger partial charge in [-0.2, -0.15) is 0 Å². The van der Waals surface area contributed by atoms with Crippen molar-refractivity contribution in [1.82, 2.24) is 4.98 Å². The van der Waals surface area contributed by atoms with Gasteiger partial charge >= 0.3 is 0 Å². The highest BCUT2D eigenvalue weighted by Crippen LogP contribution is 2.29. The minimum atomic E-state index is 0.0361. The lowest BCUT2D eigenvalue weighted by atomic mass is 9.93. The molecule has 0 aliphatic heterocycles. The van der Waals surface area contributed by atoms with Crippen LogP contribution < -0.4 is 5.73 Å². The lowest BCUT2D eigenvalue weighted by Crippen LogP contribution is -2.38. The van der Waals surface area contributed by atoms with E-state index in [2.05, 4.69) is 11.1 Å². The van der Waals surface area contributed by atoms with Crippen molar-refractivity contribution >= 4 is 0 Å². The van der Waals surface area contributed by atoms with Gasteiger partial charge in [0.25, 0.3) is 0 Å². The molecule has 1 aromatic rings. The van der Waals surface area contributed by atoms with E-state index in [1.807, 2.05) is 18.3 Å². The lowest BCUT2D eigenvalue weighted by molar-refractivity contribution is 0.432. The molecule has 2 heteroatoms. The first-order valence-electron chi connectivity index (χ1n) is 4.97. The molecule has 0 radical (unpaired) electrons. The van der Waals surface area contributed by atoms with Crippen molar-refractivity contribution in [1.29, 1.82) is 0 Å². The van der Waals surface area contributed by atoms with E-state index in [1.165, 1.54) is 12.8 Å². The van der Waals surface area contributed by atoms with Gasteiger partial charge in [-0.25, -0.2) is 0 Å². The van der Waals surface area contributed by atoms with Crippen molar-refractivity contribution in [3.05, 3.63) is 30.1 Å². The fourth-order valence-corrected chi connectivity index (χ4v) is 2.12. The molecule has 0 aromatic carbocycles. The molecule has 13 heavy (non-hydrogen) atoms. The van der Waals surface area contributed by atoms with Crippen LogP contribution in [0.25, 0.3) is 0 Å². The van der Waals surface area contributed by atoms with Crippen LogP contribution in [0, 0.1) is 0 Å². The van der Waals surface area contributed by atoms with Crippen LogP contribution in [0.1, 0.15) is 31.4 Å². The molecule has 1 saturated carbocycles. The molecule has 0 atom stereocenters. The molecule has 0 bridgehead atoms. The maximum absolute atomic E-state index is 6.25. The maximum atomic E-state index is 6.25. The quantitative estimate of drug-likeness (QED) is 0.747. The summed E-state index contributed by atoms with van der Waals surface area (Å²) < 4.78 is 0. The topological polar surface area (TPSA) is 38.9 Å². The Labute approximate surface area is 79.2 Å². The molecule has 70 valence electrons. The highest BCUT2D eigenvalue weighted by Gasteiger charge is 2.29. The highest BCUT2D eigenvalue weighted by atomic mass is 14.8. The largest absolute Gasteiger partial charge is 0.325 e. The smallest absolute Gasteiger partial charge is 0.0421 e. The summed E-state index contributed by atoms with van der Waals surface area (Å²) >= 11 is 0. The average Bonchev–Trinajstić information content (AvgIpc) is 2.54. The number of nitrogens with two attached hydrogens (primary N) is 1. The van der Waals surface area contributed by atoms with Gasteiger partial charge < -0.3 is 5.73 Å². The fraction of sp³-hybridized carbons (Fsp3) is 0.545. The van der Waals surface area contributed by atoms with Crippen LogP contribution in [0.2, 0.25) is 0 Å². The first-order chi connectivity index (χ1) is 6.29. The van der Waals surface area contributed by atoms with E-state index < -0.39 is 0 Å². The molecule has 1 aromatic heterocycles. The Morgan fingerprint density at radius 2 is 2.08 bits per heavy atom. The van der Waals surface area contributed by atoms with Crippen molar-refractivity contribution in [3.63, 3.8) is 0 Å². The highest BCUT2D eigenvalue weighted by molar-refractivity contribution is 5.09. The standard InChI is InChI=1S/C11H16N2/c12-11(6-2-3-7-11)9-10-5-1-4-8-13-10/h1,4-5,8H,2-3,6-7,9,12H2. The second-order valence-corrected chi connectivity index (χ2v) is 4.07. The van der Waals surface area contributed by atoms with Crippen LogP contribution in [-0.4, -0.2) is 10.5 Å². The monoisotopic (exact) mass is 176 g/mol. The van der Waals surface area contributed by atoms with Gasteiger partial charge in [-0.3, -0.25) is 4.98 Å². The van der Waals surface area contributed by atoms with E-state index in [0.717, 1.165) is 25.0 Å². The van der Waals surface area contributed by atoms with Gasteiger partial charge in [0.1, 0.15) is 0 Å². The Bertz CT molecular complexity index is 263. The molecule has 0 unspecified atom stereocenters. The summed E-state index contributed by atoms with van der Waals surface area (Å²) in [5, 5.41) is 0. The molecular formula is C11H16N2. The van der Waals surface area contributed by atoms with Crippen molar-refractivity contribution in [2.75, 3.05) is 0 Å². The number of rotatable bonds is 2. The number of aromatic nitrogens is 1. The molecule has 1 heterocycles. The molecule has 2 nitrogen and oxygen atoms in total. The van der Waals surface area contributed by atoms with Gasteiger partial charge in [-0.15, -0.1) is 0 Å². The minimum absolute atomic E-state index is 0.0361. The predicted molar refractivity (Wildman–Crippen MR) is 53.3 cm³/mol. The number of pyridine rings is 1. The number of hydrogen-bond acceptors (Lipinski definition) is 2. The second-order valence-electron chi connectivity index (χ2n) is 4.07. The summed E-state index contributed by atoms with van der Waals surface area (Å²) in [7, 11) is 0. The van der Waals surface area contributed by atoms with E-state index in [4.69, 9.17) is 5.73 Å². The van der Waals surface area contributed by atoms with Crippen LogP contribution in [-0.2, 0) is 6.42 Å². The molecule has 0 saturated heterocycles. The van der Waals surface area contributed by atoms with Crippen molar-refractivity contribution < 1.29 is 0 Å². The van der Waals surface area contributed by atoms with Gasteiger partial charge in [-0.05, 0) is 25.0 Å². The summed E-state index contributed by atoms with van der Waals surface area (Å²) in [5.74, 6) is 0. The first-order valence-corrected chi connectivity index (χ1v) is 4.97. The summed E-state index contributed by atoms with van der Waals surface area (Å²) in [6.45, 7) is 0. The zero-order chi connectivity index (χ0) is 9.15. The lowest BCUT2D eigenvalue weighted by Gasteiger charge is -2.22. The Morgan fingerprint density at radius 1 is 1.31 bits per heavy atom. The van der Waals surface area contributed by atoms with Crippen molar-refractivity contribution in [3.8, 4) is 0 Å².